The van der Waals surface area contributed by atoms with E-state index in [1.165, 1.54) is 28.9 Å². The molecule has 0 bridgehead atoms. The van der Waals surface area contributed by atoms with Crippen molar-refractivity contribution in [2.75, 3.05) is 0 Å². The Morgan fingerprint density at radius 1 is 0.861 bits per heavy atom. The molecular formula is C31H38O4S. The second-order valence-corrected chi connectivity index (χ2v) is 9.20. The summed E-state index contributed by atoms with van der Waals surface area (Å²) in [6.07, 6.45) is 11.5. The first-order valence-corrected chi connectivity index (χ1v) is 12.5. The Hall–Kier alpha value is -3.31. The first kappa shape index (κ1) is 30.7. The van der Waals surface area contributed by atoms with E-state index in [0.717, 1.165) is 25.7 Å². The third-order valence-electron chi connectivity index (χ3n) is 5.20. The monoisotopic (exact) mass is 506 g/mol. The maximum absolute atomic E-state index is 12.0. The van der Waals surface area contributed by atoms with E-state index < -0.39 is 5.12 Å². The lowest BCUT2D eigenvalue weighted by Gasteiger charge is -2.06. The van der Waals surface area contributed by atoms with Crippen LogP contribution in [0.15, 0.2) is 102 Å². The van der Waals surface area contributed by atoms with Crippen LogP contribution in [0.3, 0.4) is 0 Å². The van der Waals surface area contributed by atoms with Gasteiger partial charge in [0.25, 0.3) is 0 Å². The van der Waals surface area contributed by atoms with E-state index >= 15 is 0 Å². The van der Waals surface area contributed by atoms with Gasteiger partial charge in [0, 0.05) is 5.57 Å². The maximum Gasteiger partial charge on any atom is 0.339 e. The largest absolute Gasteiger partial charge is 0.507 e. The van der Waals surface area contributed by atoms with Gasteiger partial charge in [0.2, 0.25) is 5.12 Å². The van der Waals surface area contributed by atoms with E-state index in [-0.39, 0.29) is 17.3 Å². The minimum absolute atomic E-state index is 0.0255. The molecule has 0 aliphatic heterocycles. The molecule has 0 heterocycles. The highest BCUT2D eigenvalue weighted by atomic mass is 32.1. The molecule has 36 heavy (non-hydrogen) atoms. The number of benzene rings is 2. The van der Waals surface area contributed by atoms with Crippen LogP contribution in [0.1, 0.15) is 70.2 Å². The van der Waals surface area contributed by atoms with Crippen molar-refractivity contribution in [1.29, 1.82) is 0 Å². The number of thiol groups is 1. The third-order valence-corrected chi connectivity index (χ3v) is 5.44. The third kappa shape index (κ3) is 13.5. The molecule has 0 aromatic heterocycles. The number of carbonyl (C=O) groups is 2. The Morgan fingerprint density at radius 3 is 1.97 bits per heavy atom. The van der Waals surface area contributed by atoms with Crippen molar-refractivity contribution < 1.29 is 19.4 Å². The van der Waals surface area contributed by atoms with Crippen LogP contribution in [0.4, 0.5) is 0 Å². The summed E-state index contributed by atoms with van der Waals surface area (Å²) in [6.45, 7) is 12.4. The molecule has 2 aromatic rings. The predicted molar refractivity (Wildman–Crippen MR) is 153 cm³/mol. The normalized spacial score (nSPS) is 11.1. The molecule has 0 unspecified atom stereocenters. The van der Waals surface area contributed by atoms with Crippen molar-refractivity contribution in [2.24, 2.45) is 0 Å². The van der Waals surface area contributed by atoms with Gasteiger partial charge in [-0.15, -0.1) is 12.6 Å². The zero-order valence-electron chi connectivity index (χ0n) is 21.8. The molecule has 1 N–H and O–H groups in total. The smallest absolute Gasteiger partial charge is 0.339 e. The maximum atomic E-state index is 12.0. The summed E-state index contributed by atoms with van der Waals surface area (Å²) >= 11 is 3.56. The van der Waals surface area contributed by atoms with Crippen LogP contribution in [0.2, 0.25) is 0 Å². The molecule has 192 valence electrons. The summed E-state index contributed by atoms with van der Waals surface area (Å²) in [5, 5.41) is 8.59. The fourth-order valence-electron chi connectivity index (χ4n) is 3.04. The van der Waals surface area contributed by atoms with Gasteiger partial charge in [-0.25, -0.2) is 4.79 Å². The summed E-state index contributed by atoms with van der Waals surface area (Å²) in [4.78, 5) is 22.6. The average molecular weight is 507 g/mol. The molecule has 0 radical (unpaired) electrons. The van der Waals surface area contributed by atoms with E-state index in [2.05, 4.69) is 65.1 Å². The Bertz CT molecular complexity index is 1090. The molecule has 0 aliphatic rings. The van der Waals surface area contributed by atoms with Gasteiger partial charge in [0.05, 0.1) is 5.56 Å². The minimum atomic E-state index is -0.418. The van der Waals surface area contributed by atoms with Crippen LogP contribution >= 0.6 is 12.6 Å². The number of allylic oxidation sites excluding steroid dienone is 6. The molecule has 2 rings (SSSR count). The summed E-state index contributed by atoms with van der Waals surface area (Å²) in [5.74, 6) is 0.158. The number of hydrogen-bond donors (Lipinski definition) is 2. The quantitative estimate of drug-likeness (QED) is 0.106. The molecule has 0 spiro atoms. The number of rotatable bonds is 11. The van der Waals surface area contributed by atoms with Gasteiger partial charge >= 0.3 is 5.97 Å². The lowest BCUT2D eigenvalue weighted by molar-refractivity contribution is -0.130. The molecule has 0 amide bonds. The number of carbonyl (C=O) groups excluding carboxylic acids is 2. The van der Waals surface area contributed by atoms with Crippen LogP contribution < -0.4 is 4.74 Å². The summed E-state index contributed by atoms with van der Waals surface area (Å²) in [7, 11) is 0. The highest BCUT2D eigenvalue weighted by Gasteiger charge is 2.08. The average Bonchev–Trinajstić information content (AvgIpc) is 2.83. The number of aromatic hydroxyl groups is 1. The zero-order chi connectivity index (χ0) is 26.9. The van der Waals surface area contributed by atoms with Crippen LogP contribution in [0.25, 0.3) is 0 Å². The molecule has 0 saturated heterocycles. The first-order valence-electron chi connectivity index (χ1n) is 12.0. The number of esters is 1. The van der Waals surface area contributed by atoms with Crippen molar-refractivity contribution in [3.8, 4) is 11.5 Å². The first-order chi connectivity index (χ1) is 17.1. The lowest BCUT2D eigenvalue weighted by atomic mass is 10.0. The SMILES string of the molecule is C=C(CC=C(C)CCC=C(C)CCC=C(C)C)C(=O)Oc1ccccc1.O=C(S)c1ccccc1O. The van der Waals surface area contributed by atoms with Crippen LogP contribution in [-0.2, 0) is 4.79 Å². The molecular weight excluding hydrogens is 468 g/mol. The summed E-state index contributed by atoms with van der Waals surface area (Å²) in [5.41, 5.74) is 4.80. The van der Waals surface area contributed by atoms with Crippen molar-refractivity contribution in [1.82, 2.24) is 0 Å². The molecule has 2 aromatic carbocycles. The lowest BCUT2D eigenvalue weighted by Crippen LogP contribution is -2.09. The Labute approximate surface area is 221 Å². The molecule has 0 fully saturated rings. The van der Waals surface area contributed by atoms with E-state index in [4.69, 9.17) is 9.84 Å². The number of para-hydroxylation sites is 2. The van der Waals surface area contributed by atoms with E-state index in [9.17, 15) is 9.59 Å². The van der Waals surface area contributed by atoms with Crippen molar-refractivity contribution in [2.45, 2.75) is 59.8 Å². The zero-order valence-corrected chi connectivity index (χ0v) is 22.7. The highest BCUT2D eigenvalue weighted by molar-refractivity contribution is 7.97. The minimum Gasteiger partial charge on any atom is -0.507 e. The van der Waals surface area contributed by atoms with E-state index in [1.54, 1.807) is 24.3 Å². The van der Waals surface area contributed by atoms with Crippen LogP contribution in [0.5, 0.6) is 11.5 Å². The molecule has 0 atom stereocenters. The Morgan fingerprint density at radius 2 is 1.42 bits per heavy atom. The number of phenols is 1. The van der Waals surface area contributed by atoms with E-state index in [0.29, 0.717) is 17.7 Å². The molecule has 0 saturated carbocycles. The van der Waals surface area contributed by atoms with Gasteiger partial charge in [0.15, 0.2) is 0 Å². The summed E-state index contributed by atoms with van der Waals surface area (Å²) < 4.78 is 5.29. The highest BCUT2D eigenvalue weighted by Crippen LogP contribution is 2.17. The fraction of sp³-hybridized carbons (Fsp3) is 0.290. The van der Waals surface area contributed by atoms with Gasteiger partial charge < -0.3 is 9.84 Å². The van der Waals surface area contributed by atoms with Crippen LogP contribution in [-0.4, -0.2) is 16.2 Å². The van der Waals surface area contributed by atoms with Gasteiger partial charge in [-0.3, -0.25) is 4.79 Å². The topological polar surface area (TPSA) is 63.6 Å². The Balaban J connectivity index is 0.000000537. The van der Waals surface area contributed by atoms with Gasteiger partial charge in [0.1, 0.15) is 11.5 Å². The predicted octanol–water partition coefficient (Wildman–Crippen LogP) is 8.42. The van der Waals surface area contributed by atoms with Gasteiger partial charge in [-0.2, -0.15) is 0 Å². The molecule has 5 heteroatoms. The second-order valence-electron chi connectivity index (χ2n) is 8.79. The second kappa shape index (κ2) is 17.2. The van der Waals surface area contributed by atoms with Crippen molar-refractivity contribution in [3.63, 3.8) is 0 Å². The van der Waals surface area contributed by atoms with Gasteiger partial charge in [-0.05, 0) is 84.1 Å². The molecule has 4 nitrogen and oxygen atoms in total. The number of ether oxygens (including phenoxy) is 1. The van der Waals surface area contributed by atoms with E-state index in [1.807, 2.05) is 18.2 Å². The van der Waals surface area contributed by atoms with Crippen molar-refractivity contribution in [3.05, 3.63) is 107 Å². The Kier molecular flexibility index (Phi) is 14.7. The fourth-order valence-corrected chi connectivity index (χ4v) is 3.23. The van der Waals surface area contributed by atoms with Crippen molar-refractivity contribution >= 4 is 23.7 Å². The van der Waals surface area contributed by atoms with Gasteiger partial charge in [-0.1, -0.05) is 71.9 Å². The molecule has 0 aliphatic carbocycles. The number of phenolic OH excluding ortho intramolecular Hbond substituents is 1. The summed E-state index contributed by atoms with van der Waals surface area (Å²) in [6, 6.07) is 15.4. The standard InChI is InChI=1S/C24H32O2.C7H6O2S/c1-19(2)11-9-12-20(3)13-10-14-21(4)17-18-22(5)24(25)26-23-15-7-6-8-16-23;8-6-4-2-1-3-5(6)7(9)10/h6-8,11,13,15-17H,5,9-10,12,14,18H2,1-4H3;1-4,8H,(H,9,10). The number of hydrogen-bond acceptors (Lipinski definition) is 4. The van der Waals surface area contributed by atoms with Crippen LogP contribution in [0, 0.1) is 0 Å².